The Morgan fingerprint density at radius 1 is 1.29 bits per heavy atom. The molecule has 0 fully saturated rings. The van der Waals surface area contributed by atoms with Gasteiger partial charge in [-0.05, 0) is 12.1 Å². The molecule has 4 N–H and O–H groups in total. The molecule has 0 radical (unpaired) electrons. The highest BCUT2D eigenvalue weighted by Crippen LogP contribution is 2.31. The summed E-state index contributed by atoms with van der Waals surface area (Å²) in [6.07, 6.45) is 3.12. The van der Waals surface area contributed by atoms with Gasteiger partial charge in [0.15, 0.2) is 0 Å². The van der Waals surface area contributed by atoms with Crippen LogP contribution in [0.25, 0.3) is 11.3 Å². The predicted molar refractivity (Wildman–Crippen MR) is 66.7 cm³/mol. The zero-order valence-corrected chi connectivity index (χ0v) is 9.30. The quantitative estimate of drug-likeness (QED) is 0.735. The standard InChI is InChI=1S/C12H14N4O/c13-5-6-15-10-7-14-8-16-12(10)9-3-1-2-4-11(9)17/h1-4,7-8,15,17H,5-6,13H2. The molecule has 88 valence electrons. The lowest BCUT2D eigenvalue weighted by molar-refractivity contribution is 0.477. The minimum absolute atomic E-state index is 0.196. The van der Waals surface area contributed by atoms with Crippen molar-refractivity contribution in [3.05, 3.63) is 36.8 Å². The number of anilines is 1. The molecular weight excluding hydrogens is 216 g/mol. The van der Waals surface area contributed by atoms with Crippen LogP contribution in [0.1, 0.15) is 0 Å². The Kier molecular flexibility index (Phi) is 3.52. The highest BCUT2D eigenvalue weighted by Gasteiger charge is 2.09. The van der Waals surface area contributed by atoms with Crippen LogP contribution in [0.5, 0.6) is 5.75 Å². The molecule has 0 unspecified atom stereocenters. The van der Waals surface area contributed by atoms with Crippen molar-refractivity contribution in [1.29, 1.82) is 0 Å². The van der Waals surface area contributed by atoms with Crippen LogP contribution in [0, 0.1) is 0 Å². The molecule has 0 saturated carbocycles. The molecule has 0 spiro atoms. The Hall–Kier alpha value is -2.14. The van der Waals surface area contributed by atoms with Gasteiger partial charge in [0, 0.05) is 18.7 Å². The van der Waals surface area contributed by atoms with Crippen LogP contribution in [0.2, 0.25) is 0 Å². The molecule has 1 aromatic carbocycles. The third kappa shape index (κ3) is 2.51. The molecule has 1 aromatic heterocycles. The molecule has 0 aliphatic rings. The van der Waals surface area contributed by atoms with Crippen molar-refractivity contribution in [2.45, 2.75) is 0 Å². The first-order valence-electron chi connectivity index (χ1n) is 5.35. The van der Waals surface area contributed by atoms with Crippen LogP contribution in [-0.2, 0) is 0 Å². The summed E-state index contributed by atoms with van der Waals surface area (Å²) in [6.45, 7) is 1.16. The van der Waals surface area contributed by atoms with E-state index in [1.807, 2.05) is 12.1 Å². The SMILES string of the molecule is NCCNc1cncnc1-c1ccccc1O. The number of nitrogens with two attached hydrogens (primary N) is 1. The van der Waals surface area contributed by atoms with Crippen molar-refractivity contribution in [2.24, 2.45) is 5.73 Å². The Bertz CT molecular complexity index is 501. The van der Waals surface area contributed by atoms with Crippen molar-refractivity contribution in [3.63, 3.8) is 0 Å². The second kappa shape index (κ2) is 5.27. The zero-order valence-electron chi connectivity index (χ0n) is 9.30. The number of benzene rings is 1. The fourth-order valence-corrected chi connectivity index (χ4v) is 1.55. The third-order valence-corrected chi connectivity index (χ3v) is 2.33. The molecule has 0 aliphatic heterocycles. The molecule has 17 heavy (non-hydrogen) atoms. The Labute approximate surface area is 99.3 Å². The Morgan fingerprint density at radius 2 is 2.12 bits per heavy atom. The van der Waals surface area contributed by atoms with Gasteiger partial charge in [0.25, 0.3) is 0 Å². The monoisotopic (exact) mass is 230 g/mol. The van der Waals surface area contributed by atoms with E-state index in [0.717, 1.165) is 5.69 Å². The van der Waals surface area contributed by atoms with E-state index < -0.39 is 0 Å². The van der Waals surface area contributed by atoms with Crippen LogP contribution in [-0.4, -0.2) is 28.2 Å². The normalized spacial score (nSPS) is 10.2. The number of nitrogens with one attached hydrogen (secondary N) is 1. The molecule has 0 amide bonds. The predicted octanol–water partition coefficient (Wildman–Crippen LogP) is 1.22. The molecule has 5 nitrogen and oxygen atoms in total. The van der Waals surface area contributed by atoms with Crippen LogP contribution in [0.4, 0.5) is 5.69 Å². The number of aromatic hydroxyl groups is 1. The molecule has 0 bridgehead atoms. The maximum atomic E-state index is 9.80. The molecule has 2 aromatic rings. The van der Waals surface area contributed by atoms with E-state index in [0.29, 0.717) is 24.3 Å². The summed E-state index contributed by atoms with van der Waals surface area (Å²) in [5.74, 6) is 0.196. The van der Waals surface area contributed by atoms with Gasteiger partial charge in [-0.25, -0.2) is 9.97 Å². The minimum atomic E-state index is 0.196. The minimum Gasteiger partial charge on any atom is -0.507 e. The molecule has 0 atom stereocenters. The van der Waals surface area contributed by atoms with E-state index in [9.17, 15) is 5.11 Å². The molecule has 0 aliphatic carbocycles. The molecule has 2 rings (SSSR count). The maximum absolute atomic E-state index is 9.80. The number of aromatic nitrogens is 2. The number of phenols is 1. The number of hydrogen-bond acceptors (Lipinski definition) is 5. The molecule has 1 heterocycles. The number of phenolic OH excluding ortho intramolecular Hbond substituents is 1. The van der Waals surface area contributed by atoms with E-state index >= 15 is 0 Å². The number of nitrogens with zero attached hydrogens (tertiary/aromatic N) is 2. The van der Waals surface area contributed by atoms with E-state index in [-0.39, 0.29) is 5.75 Å². The van der Waals surface area contributed by atoms with Crippen molar-refractivity contribution < 1.29 is 5.11 Å². The summed E-state index contributed by atoms with van der Waals surface area (Å²) in [5.41, 5.74) is 7.55. The van der Waals surface area contributed by atoms with E-state index in [1.165, 1.54) is 6.33 Å². The summed E-state index contributed by atoms with van der Waals surface area (Å²) in [6, 6.07) is 7.06. The average Bonchev–Trinajstić information content (AvgIpc) is 2.37. The second-order valence-corrected chi connectivity index (χ2v) is 3.52. The van der Waals surface area contributed by atoms with E-state index in [1.54, 1.807) is 18.3 Å². The van der Waals surface area contributed by atoms with Crippen LogP contribution >= 0.6 is 0 Å². The van der Waals surface area contributed by atoms with Gasteiger partial charge >= 0.3 is 0 Å². The van der Waals surface area contributed by atoms with E-state index in [2.05, 4.69) is 15.3 Å². The molecular formula is C12H14N4O. The van der Waals surface area contributed by atoms with Gasteiger partial charge in [0.2, 0.25) is 0 Å². The van der Waals surface area contributed by atoms with Gasteiger partial charge < -0.3 is 16.2 Å². The highest BCUT2D eigenvalue weighted by molar-refractivity contribution is 5.77. The summed E-state index contributed by atoms with van der Waals surface area (Å²) < 4.78 is 0. The van der Waals surface area contributed by atoms with Gasteiger partial charge in [0.1, 0.15) is 17.8 Å². The number of hydrogen-bond donors (Lipinski definition) is 3. The van der Waals surface area contributed by atoms with Crippen molar-refractivity contribution >= 4 is 5.69 Å². The van der Waals surface area contributed by atoms with E-state index in [4.69, 9.17) is 5.73 Å². The first-order valence-corrected chi connectivity index (χ1v) is 5.35. The second-order valence-electron chi connectivity index (χ2n) is 3.52. The van der Waals surface area contributed by atoms with Gasteiger partial charge in [0.05, 0.1) is 11.9 Å². The summed E-state index contributed by atoms with van der Waals surface area (Å²) in [5, 5.41) is 12.9. The third-order valence-electron chi connectivity index (χ3n) is 2.33. The smallest absolute Gasteiger partial charge is 0.125 e. The van der Waals surface area contributed by atoms with Crippen LogP contribution in [0.3, 0.4) is 0 Å². The zero-order chi connectivity index (χ0) is 12.1. The number of rotatable bonds is 4. The first kappa shape index (κ1) is 11.3. The summed E-state index contributed by atoms with van der Waals surface area (Å²) >= 11 is 0. The van der Waals surface area contributed by atoms with Gasteiger partial charge in [-0.1, -0.05) is 12.1 Å². The Balaban J connectivity index is 2.41. The largest absolute Gasteiger partial charge is 0.507 e. The molecule has 0 saturated heterocycles. The first-order chi connectivity index (χ1) is 8.33. The van der Waals surface area contributed by atoms with Crippen molar-refractivity contribution in [1.82, 2.24) is 9.97 Å². The average molecular weight is 230 g/mol. The van der Waals surface area contributed by atoms with Crippen molar-refractivity contribution in [2.75, 3.05) is 18.4 Å². The van der Waals surface area contributed by atoms with Gasteiger partial charge in [-0.2, -0.15) is 0 Å². The lowest BCUT2D eigenvalue weighted by Crippen LogP contribution is -2.14. The van der Waals surface area contributed by atoms with Crippen LogP contribution < -0.4 is 11.1 Å². The summed E-state index contributed by atoms with van der Waals surface area (Å²) in [4.78, 5) is 8.15. The van der Waals surface area contributed by atoms with Crippen molar-refractivity contribution in [3.8, 4) is 17.0 Å². The Morgan fingerprint density at radius 3 is 2.88 bits per heavy atom. The van der Waals surface area contributed by atoms with Gasteiger partial charge in [-0.3, -0.25) is 0 Å². The van der Waals surface area contributed by atoms with Gasteiger partial charge in [-0.15, -0.1) is 0 Å². The topological polar surface area (TPSA) is 84.1 Å². The number of para-hydroxylation sites is 1. The fourth-order valence-electron chi connectivity index (χ4n) is 1.55. The lowest BCUT2D eigenvalue weighted by Gasteiger charge is -2.10. The maximum Gasteiger partial charge on any atom is 0.125 e. The highest BCUT2D eigenvalue weighted by atomic mass is 16.3. The summed E-state index contributed by atoms with van der Waals surface area (Å²) in [7, 11) is 0. The fraction of sp³-hybridized carbons (Fsp3) is 0.167. The molecule has 5 heteroatoms. The lowest BCUT2D eigenvalue weighted by atomic mass is 10.1. The van der Waals surface area contributed by atoms with Crippen LogP contribution in [0.15, 0.2) is 36.8 Å².